The zero-order valence-electron chi connectivity index (χ0n) is 8.71. The Balaban J connectivity index is 2.74. The molecule has 16 heavy (non-hydrogen) atoms. The molecule has 0 aliphatic rings. The van der Waals surface area contributed by atoms with E-state index in [4.69, 9.17) is 5.11 Å². The molecule has 0 heterocycles. The molecule has 0 bridgehead atoms. The van der Waals surface area contributed by atoms with Crippen molar-refractivity contribution in [3.63, 3.8) is 0 Å². The van der Waals surface area contributed by atoms with Crippen LogP contribution in [-0.4, -0.2) is 28.6 Å². The molecule has 1 unspecified atom stereocenters. The van der Waals surface area contributed by atoms with E-state index < -0.39 is 4.92 Å². The lowest BCUT2D eigenvalue weighted by Crippen LogP contribution is -2.34. The van der Waals surface area contributed by atoms with Crippen LogP contribution in [0.15, 0.2) is 24.3 Å². The Morgan fingerprint density at radius 1 is 1.50 bits per heavy atom. The summed E-state index contributed by atoms with van der Waals surface area (Å²) in [5, 5.41) is 21.7. The topological polar surface area (TPSA) is 92.5 Å². The average Bonchev–Trinajstić information content (AvgIpc) is 2.28. The predicted molar refractivity (Wildman–Crippen MR) is 57.1 cm³/mol. The molecular formula is C10H12N2O4. The van der Waals surface area contributed by atoms with Crippen LogP contribution in [0.5, 0.6) is 0 Å². The number of hydrogen-bond donors (Lipinski definition) is 2. The largest absolute Gasteiger partial charge is 0.394 e. The molecule has 2 N–H and O–H groups in total. The first kappa shape index (κ1) is 12.1. The van der Waals surface area contributed by atoms with Crippen molar-refractivity contribution in [2.75, 3.05) is 6.61 Å². The van der Waals surface area contributed by atoms with Crippen LogP contribution in [0.3, 0.4) is 0 Å². The lowest BCUT2D eigenvalue weighted by atomic mass is 10.2. The molecule has 0 spiro atoms. The number of carbonyl (C=O) groups excluding carboxylic acids is 1. The number of nitro groups is 1. The number of nitrogens with one attached hydrogen (secondary N) is 1. The Kier molecular flexibility index (Phi) is 3.96. The molecule has 0 aliphatic carbocycles. The third-order valence-corrected chi connectivity index (χ3v) is 1.99. The minimum atomic E-state index is -0.530. The normalized spacial score (nSPS) is 11.9. The monoisotopic (exact) mass is 224 g/mol. The van der Waals surface area contributed by atoms with Crippen LogP contribution in [0.2, 0.25) is 0 Å². The Morgan fingerprint density at radius 2 is 2.06 bits per heavy atom. The highest BCUT2D eigenvalue weighted by Crippen LogP contribution is 2.11. The second-order valence-corrected chi connectivity index (χ2v) is 3.36. The predicted octanol–water partition coefficient (Wildman–Crippen LogP) is 0.705. The van der Waals surface area contributed by atoms with E-state index in [1.54, 1.807) is 6.92 Å². The third-order valence-electron chi connectivity index (χ3n) is 1.99. The molecule has 6 heteroatoms. The first-order valence-corrected chi connectivity index (χ1v) is 4.70. The van der Waals surface area contributed by atoms with Gasteiger partial charge in [0, 0.05) is 23.7 Å². The minimum absolute atomic E-state index is 0.0632. The van der Waals surface area contributed by atoms with Gasteiger partial charge in [-0.05, 0) is 19.1 Å². The summed E-state index contributed by atoms with van der Waals surface area (Å²) in [5.41, 5.74) is 0.262. The Labute approximate surface area is 92.0 Å². The minimum Gasteiger partial charge on any atom is -0.394 e. The molecule has 1 atom stereocenters. The van der Waals surface area contributed by atoms with Gasteiger partial charge in [-0.25, -0.2) is 0 Å². The fraction of sp³-hybridized carbons (Fsp3) is 0.300. The molecule has 0 saturated heterocycles. The van der Waals surface area contributed by atoms with E-state index in [1.807, 2.05) is 0 Å². The highest BCUT2D eigenvalue weighted by Gasteiger charge is 2.10. The maximum atomic E-state index is 11.5. The highest BCUT2D eigenvalue weighted by atomic mass is 16.6. The number of benzene rings is 1. The second kappa shape index (κ2) is 5.22. The van der Waals surface area contributed by atoms with Gasteiger partial charge in [0.15, 0.2) is 0 Å². The number of hydrogen-bond acceptors (Lipinski definition) is 4. The smallest absolute Gasteiger partial charge is 0.269 e. The van der Waals surface area contributed by atoms with Gasteiger partial charge in [0.05, 0.1) is 11.5 Å². The van der Waals surface area contributed by atoms with Crippen LogP contribution < -0.4 is 5.32 Å². The van der Waals surface area contributed by atoms with Crippen molar-refractivity contribution in [3.8, 4) is 0 Å². The van der Waals surface area contributed by atoms with E-state index in [1.165, 1.54) is 24.3 Å². The van der Waals surface area contributed by atoms with Crippen molar-refractivity contribution in [2.45, 2.75) is 13.0 Å². The van der Waals surface area contributed by atoms with Gasteiger partial charge in [-0.3, -0.25) is 14.9 Å². The van der Waals surface area contributed by atoms with Crippen LogP contribution in [0.1, 0.15) is 17.3 Å². The fourth-order valence-corrected chi connectivity index (χ4v) is 1.09. The summed E-state index contributed by atoms with van der Waals surface area (Å²) < 4.78 is 0. The number of aliphatic hydroxyl groups is 1. The van der Waals surface area contributed by atoms with E-state index in [-0.39, 0.29) is 24.2 Å². The molecule has 1 rings (SSSR count). The molecule has 0 aromatic heterocycles. The van der Waals surface area contributed by atoms with Crippen molar-refractivity contribution >= 4 is 11.6 Å². The van der Waals surface area contributed by atoms with E-state index >= 15 is 0 Å². The van der Waals surface area contributed by atoms with Gasteiger partial charge in [-0.15, -0.1) is 0 Å². The van der Waals surface area contributed by atoms with Gasteiger partial charge in [-0.1, -0.05) is 0 Å². The van der Waals surface area contributed by atoms with Gasteiger partial charge < -0.3 is 10.4 Å². The third kappa shape index (κ3) is 3.03. The number of nitro benzene ring substituents is 1. The van der Waals surface area contributed by atoms with E-state index in [2.05, 4.69) is 5.32 Å². The number of carbonyl (C=O) groups is 1. The molecule has 1 aromatic carbocycles. The maximum absolute atomic E-state index is 11.5. The standard InChI is InChI=1S/C10H12N2O4/c1-7(6-13)11-10(14)8-2-4-9(5-3-8)12(15)16/h2-5,7,13H,6H2,1H3,(H,11,14). The molecule has 1 aromatic rings. The van der Waals surface area contributed by atoms with E-state index in [0.29, 0.717) is 5.56 Å². The van der Waals surface area contributed by atoms with Gasteiger partial charge >= 0.3 is 0 Å². The van der Waals surface area contributed by atoms with Gasteiger partial charge in [0.1, 0.15) is 0 Å². The quantitative estimate of drug-likeness (QED) is 0.581. The molecule has 1 amide bonds. The fourth-order valence-electron chi connectivity index (χ4n) is 1.09. The van der Waals surface area contributed by atoms with Gasteiger partial charge in [0.2, 0.25) is 0 Å². The van der Waals surface area contributed by atoms with Crippen molar-refractivity contribution < 1.29 is 14.8 Å². The lowest BCUT2D eigenvalue weighted by molar-refractivity contribution is -0.384. The van der Waals surface area contributed by atoms with Crippen LogP contribution in [0.25, 0.3) is 0 Å². The number of rotatable bonds is 4. The molecule has 86 valence electrons. The number of non-ortho nitro benzene ring substituents is 1. The van der Waals surface area contributed by atoms with E-state index in [0.717, 1.165) is 0 Å². The van der Waals surface area contributed by atoms with Crippen LogP contribution in [0.4, 0.5) is 5.69 Å². The number of nitrogens with zero attached hydrogens (tertiary/aromatic N) is 1. The highest BCUT2D eigenvalue weighted by molar-refractivity contribution is 5.94. The number of amides is 1. The van der Waals surface area contributed by atoms with Crippen LogP contribution >= 0.6 is 0 Å². The van der Waals surface area contributed by atoms with Crippen LogP contribution in [0, 0.1) is 10.1 Å². The summed E-state index contributed by atoms with van der Waals surface area (Å²) in [7, 11) is 0. The zero-order valence-corrected chi connectivity index (χ0v) is 8.71. The van der Waals surface area contributed by atoms with Crippen molar-refractivity contribution in [1.29, 1.82) is 0 Å². The maximum Gasteiger partial charge on any atom is 0.269 e. The average molecular weight is 224 g/mol. The Hall–Kier alpha value is -1.95. The number of aliphatic hydroxyl groups excluding tert-OH is 1. The van der Waals surface area contributed by atoms with Gasteiger partial charge in [0.25, 0.3) is 11.6 Å². The zero-order chi connectivity index (χ0) is 12.1. The molecule has 0 radical (unpaired) electrons. The summed E-state index contributed by atoms with van der Waals surface area (Å²) in [5.74, 6) is -0.364. The van der Waals surface area contributed by atoms with Crippen LogP contribution in [-0.2, 0) is 0 Å². The molecule has 6 nitrogen and oxygen atoms in total. The van der Waals surface area contributed by atoms with Crippen molar-refractivity contribution in [1.82, 2.24) is 5.32 Å². The summed E-state index contributed by atoms with van der Waals surface area (Å²) in [6, 6.07) is 4.93. The summed E-state index contributed by atoms with van der Waals surface area (Å²) in [6.45, 7) is 1.50. The van der Waals surface area contributed by atoms with Crippen molar-refractivity contribution in [3.05, 3.63) is 39.9 Å². The molecular weight excluding hydrogens is 212 g/mol. The van der Waals surface area contributed by atoms with E-state index in [9.17, 15) is 14.9 Å². The molecule has 0 fully saturated rings. The first-order valence-electron chi connectivity index (χ1n) is 4.70. The van der Waals surface area contributed by atoms with Crippen molar-refractivity contribution in [2.24, 2.45) is 0 Å². The summed E-state index contributed by atoms with van der Waals surface area (Å²) in [4.78, 5) is 21.4. The Morgan fingerprint density at radius 3 is 2.50 bits per heavy atom. The van der Waals surface area contributed by atoms with Gasteiger partial charge in [-0.2, -0.15) is 0 Å². The second-order valence-electron chi connectivity index (χ2n) is 3.36. The Bertz CT molecular complexity index is 388. The molecule has 0 aliphatic heterocycles. The SMILES string of the molecule is CC(CO)NC(=O)c1ccc([N+](=O)[O-])cc1. The first-order chi connectivity index (χ1) is 7.54. The molecule has 0 saturated carbocycles. The summed E-state index contributed by atoms with van der Waals surface area (Å²) >= 11 is 0. The summed E-state index contributed by atoms with van der Waals surface area (Å²) in [6.07, 6.45) is 0. The lowest BCUT2D eigenvalue weighted by Gasteiger charge is -2.10.